The molecule has 3 rings (SSSR count). The van der Waals surface area contributed by atoms with Gasteiger partial charge in [0.2, 0.25) is 5.91 Å². The Hall–Kier alpha value is -2.04. The second-order valence-electron chi connectivity index (χ2n) is 7.38. The van der Waals surface area contributed by atoms with Crippen molar-refractivity contribution in [2.24, 2.45) is 5.92 Å². The van der Waals surface area contributed by atoms with E-state index >= 15 is 0 Å². The lowest BCUT2D eigenvalue weighted by atomic mass is 9.95. The van der Waals surface area contributed by atoms with Crippen molar-refractivity contribution in [1.82, 2.24) is 10.2 Å². The fourth-order valence-electron chi connectivity index (χ4n) is 3.75. The molecule has 4 nitrogen and oxygen atoms in total. The number of methoxy groups -OCH3 is 1. The molecule has 0 bridgehead atoms. The number of carbonyl (C=O) groups excluding carboxylic acids is 1. The Labute approximate surface area is 172 Å². The average Bonchev–Trinajstić information content (AvgIpc) is 2.73. The number of benzene rings is 2. The van der Waals surface area contributed by atoms with Gasteiger partial charge in [-0.05, 0) is 68.1 Å². The summed E-state index contributed by atoms with van der Waals surface area (Å²) in [4.78, 5) is 14.9. The third-order valence-corrected chi connectivity index (χ3v) is 5.64. The fourth-order valence-corrected chi connectivity index (χ4v) is 3.87. The molecule has 0 aromatic heterocycles. The fraction of sp³-hybridized carbons (Fsp3) is 0.435. The second kappa shape index (κ2) is 10.5. The first-order chi connectivity index (χ1) is 13.7. The van der Waals surface area contributed by atoms with E-state index in [2.05, 4.69) is 28.4 Å². The van der Waals surface area contributed by atoms with Crippen LogP contribution in [0.3, 0.4) is 0 Å². The van der Waals surface area contributed by atoms with E-state index in [1.165, 1.54) is 11.1 Å². The van der Waals surface area contributed by atoms with E-state index in [1.54, 1.807) is 7.11 Å². The second-order valence-corrected chi connectivity index (χ2v) is 7.82. The van der Waals surface area contributed by atoms with E-state index in [1.807, 2.05) is 30.3 Å². The number of nitrogens with one attached hydrogen (secondary N) is 1. The van der Waals surface area contributed by atoms with Gasteiger partial charge in [-0.3, -0.25) is 9.69 Å². The molecule has 150 valence electrons. The van der Waals surface area contributed by atoms with Gasteiger partial charge in [-0.25, -0.2) is 0 Å². The van der Waals surface area contributed by atoms with Crippen molar-refractivity contribution in [2.75, 3.05) is 26.7 Å². The van der Waals surface area contributed by atoms with Crippen molar-refractivity contribution in [2.45, 2.75) is 32.2 Å². The van der Waals surface area contributed by atoms with Gasteiger partial charge in [0.05, 0.1) is 7.11 Å². The first-order valence-corrected chi connectivity index (χ1v) is 10.4. The first kappa shape index (κ1) is 20.7. The molecule has 1 saturated heterocycles. The molecule has 2 aromatic carbocycles. The molecular formula is C23H29ClN2O2. The third-order valence-electron chi connectivity index (χ3n) is 5.39. The highest BCUT2D eigenvalue weighted by Crippen LogP contribution is 2.21. The van der Waals surface area contributed by atoms with E-state index in [0.717, 1.165) is 56.1 Å². The van der Waals surface area contributed by atoms with Crippen LogP contribution < -0.4 is 10.1 Å². The van der Waals surface area contributed by atoms with E-state index in [9.17, 15) is 4.79 Å². The van der Waals surface area contributed by atoms with E-state index in [-0.39, 0.29) is 11.8 Å². The molecule has 1 heterocycles. The summed E-state index contributed by atoms with van der Waals surface area (Å²) in [7, 11) is 1.69. The van der Waals surface area contributed by atoms with Crippen LogP contribution in [0.2, 0.25) is 5.02 Å². The molecule has 0 radical (unpaired) electrons. The lowest BCUT2D eigenvalue weighted by molar-refractivity contribution is -0.126. The van der Waals surface area contributed by atoms with Gasteiger partial charge in [0.15, 0.2) is 0 Å². The highest BCUT2D eigenvalue weighted by Gasteiger charge is 2.24. The smallest absolute Gasteiger partial charge is 0.223 e. The van der Waals surface area contributed by atoms with Gasteiger partial charge in [0, 0.05) is 24.0 Å². The van der Waals surface area contributed by atoms with Gasteiger partial charge in [0.25, 0.3) is 0 Å². The maximum absolute atomic E-state index is 12.5. The highest BCUT2D eigenvalue weighted by molar-refractivity contribution is 6.30. The van der Waals surface area contributed by atoms with Crippen LogP contribution >= 0.6 is 11.6 Å². The monoisotopic (exact) mass is 400 g/mol. The molecule has 1 amide bonds. The summed E-state index contributed by atoms with van der Waals surface area (Å²) in [6, 6.07) is 16.1. The van der Waals surface area contributed by atoms with Crippen molar-refractivity contribution in [1.29, 1.82) is 0 Å². The number of aryl methyl sites for hydroxylation is 1. The maximum atomic E-state index is 12.5. The van der Waals surface area contributed by atoms with Gasteiger partial charge >= 0.3 is 0 Å². The molecular weight excluding hydrogens is 372 g/mol. The largest absolute Gasteiger partial charge is 0.496 e. The molecule has 1 aliphatic rings. The Morgan fingerprint density at radius 2 is 1.86 bits per heavy atom. The summed E-state index contributed by atoms with van der Waals surface area (Å²) in [6.07, 6.45) is 3.67. The van der Waals surface area contributed by atoms with Crippen LogP contribution in [0.5, 0.6) is 5.75 Å². The van der Waals surface area contributed by atoms with Gasteiger partial charge in [-0.1, -0.05) is 41.9 Å². The summed E-state index contributed by atoms with van der Waals surface area (Å²) >= 11 is 5.95. The van der Waals surface area contributed by atoms with Gasteiger partial charge < -0.3 is 10.1 Å². The van der Waals surface area contributed by atoms with Crippen molar-refractivity contribution in [3.63, 3.8) is 0 Å². The van der Waals surface area contributed by atoms with Crippen LogP contribution in [0, 0.1) is 5.92 Å². The lowest BCUT2D eigenvalue weighted by Gasteiger charge is -2.31. The first-order valence-electron chi connectivity index (χ1n) is 10.0. The normalized spacial score (nSPS) is 15.4. The van der Waals surface area contributed by atoms with E-state index < -0.39 is 0 Å². The zero-order valence-electron chi connectivity index (χ0n) is 16.5. The average molecular weight is 401 g/mol. The zero-order valence-corrected chi connectivity index (χ0v) is 17.3. The predicted molar refractivity (Wildman–Crippen MR) is 114 cm³/mol. The molecule has 0 unspecified atom stereocenters. The number of para-hydroxylation sites is 1. The molecule has 28 heavy (non-hydrogen) atoms. The highest BCUT2D eigenvalue weighted by atomic mass is 35.5. The number of ether oxygens (including phenoxy) is 1. The van der Waals surface area contributed by atoms with Crippen LogP contribution in [0.1, 0.15) is 30.4 Å². The van der Waals surface area contributed by atoms with Crippen LogP contribution in [0.4, 0.5) is 0 Å². The topological polar surface area (TPSA) is 41.6 Å². The van der Waals surface area contributed by atoms with Crippen LogP contribution in [-0.4, -0.2) is 37.6 Å². The molecule has 2 aromatic rings. The Bertz CT molecular complexity index is 755. The van der Waals surface area contributed by atoms with Crippen molar-refractivity contribution in [3.8, 4) is 5.75 Å². The van der Waals surface area contributed by atoms with Gasteiger partial charge in [-0.2, -0.15) is 0 Å². The van der Waals surface area contributed by atoms with E-state index in [0.29, 0.717) is 6.54 Å². The standard InChI is InChI=1S/C23H29ClN2O2/c1-28-22-7-3-2-5-19(22)6-4-14-25-23(27)20-12-15-26(16-13-20)17-18-8-10-21(24)11-9-18/h2-3,5,7-11,20H,4,6,12-17H2,1H3,(H,25,27). The molecule has 1 aliphatic heterocycles. The number of hydrogen-bond donors (Lipinski definition) is 1. The molecule has 0 aliphatic carbocycles. The van der Waals surface area contributed by atoms with Crippen molar-refractivity contribution in [3.05, 3.63) is 64.7 Å². The number of halogens is 1. The molecule has 5 heteroatoms. The predicted octanol–water partition coefficient (Wildman–Crippen LogP) is 4.31. The van der Waals surface area contributed by atoms with Crippen molar-refractivity contribution < 1.29 is 9.53 Å². The van der Waals surface area contributed by atoms with Crippen LogP contribution in [0.15, 0.2) is 48.5 Å². The summed E-state index contributed by atoms with van der Waals surface area (Å²) < 4.78 is 5.38. The number of likely N-dealkylation sites (tertiary alicyclic amines) is 1. The van der Waals surface area contributed by atoms with Gasteiger partial charge in [-0.15, -0.1) is 0 Å². The quantitative estimate of drug-likeness (QED) is 0.671. The number of nitrogens with zero attached hydrogens (tertiary/aromatic N) is 1. The molecule has 0 spiro atoms. The van der Waals surface area contributed by atoms with E-state index in [4.69, 9.17) is 16.3 Å². The minimum Gasteiger partial charge on any atom is -0.496 e. The Morgan fingerprint density at radius 1 is 1.14 bits per heavy atom. The minimum absolute atomic E-state index is 0.132. The molecule has 1 N–H and O–H groups in total. The molecule has 0 saturated carbocycles. The Kier molecular flexibility index (Phi) is 7.75. The number of hydrogen-bond acceptors (Lipinski definition) is 3. The third kappa shape index (κ3) is 5.98. The SMILES string of the molecule is COc1ccccc1CCCNC(=O)C1CCN(Cc2ccc(Cl)cc2)CC1. The molecule has 1 fully saturated rings. The van der Waals surface area contributed by atoms with Crippen molar-refractivity contribution >= 4 is 17.5 Å². The number of amides is 1. The Morgan fingerprint density at radius 3 is 2.57 bits per heavy atom. The number of piperidine rings is 1. The summed E-state index contributed by atoms with van der Waals surface area (Å²) in [5.41, 5.74) is 2.46. The lowest BCUT2D eigenvalue weighted by Crippen LogP contribution is -2.40. The summed E-state index contributed by atoms with van der Waals surface area (Å²) in [6.45, 7) is 3.55. The van der Waals surface area contributed by atoms with Gasteiger partial charge in [0.1, 0.15) is 5.75 Å². The summed E-state index contributed by atoms with van der Waals surface area (Å²) in [5, 5.41) is 3.89. The Balaban J connectivity index is 1.35. The van der Waals surface area contributed by atoms with Crippen LogP contribution in [-0.2, 0) is 17.8 Å². The minimum atomic E-state index is 0.132. The maximum Gasteiger partial charge on any atom is 0.223 e. The number of carbonyl (C=O) groups is 1. The zero-order chi connectivity index (χ0) is 19.8. The van der Waals surface area contributed by atoms with Crippen LogP contribution in [0.25, 0.3) is 0 Å². The number of rotatable bonds is 8. The summed E-state index contributed by atoms with van der Waals surface area (Å²) in [5.74, 6) is 1.25. The molecule has 0 atom stereocenters.